The van der Waals surface area contributed by atoms with E-state index in [1.54, 1.807) is 0 Å². The summed E-state index contributed by atoms with van der Waals surface area (Å²) in [5, 5.41) is 4.48. The van der Waals surface area contributed by atoms with Gasteiger partial charge < -0.3 is 0 Å². The monoisotopic (exact) mass is 340 g/mol. The summed E-state index contributed by atoms with van der Waals surface area (Å²) in [4.78, 5) is 12.6. The third-order valence-corrected chi connectivity index (χ3v) is 5.64. The Morgan fingerprint density at radius 2 is 2.15 bits per heavy atom. The minimum Gasteiger partial charge on any atom is -0.299 e. The lowest BCUT2D eigenvalue weighted by molar-refractivity contribution is -0.123. The van der Waals surface area contributed by atoms with Gasteiger partial charge in [-0.05, 0) is 48.5 Å². The van der Waals surface area contributed by atoms with Crippen LogP contribution in [0.1, 0.15) is 57.3 Å². The summed E-state index contributed by atoms with van der Waals surface area (Å²) < 4.78 is 2.97. The van der Waals surface area contributed by atoms with E-state index in [4.69, 9.17) is 0 Å². The number of nitrogens with zero attached hydrogens (tertiary/aromatic N) is 2. The lowest BCUT2D eigenvalue weighted by Gasteiger charge is -2.27. The second kappa shape index (κ2) is 6.88. The second-order valence-corrected chi connectivity index (χ2v) is 6.74. The lowest BCUT2D eigenvalue weighted by atomic mass is 9.77. The Kier molecular flexibility index (Phi) is 5.42. The molecule has 0 bridgehead atoms. The molecule has 1 fully saturated rings. The van der Waals surface area contributed by atoms with Crippen molar-refractivity contribution in [3.8, 4) is 0 Å². The van der Waals surface area contributed by atoms with Crippen LogP contribution in [-0.4, -0.2) is 15.6 Å². The van der Waals surface area contributed by atoms with Crippen molar-refractivity contribution in [2.45, 2.75) is 65.8 Å². The van der Waals surface area contributed by atoms with Gasteiger partial charge in [-0.1, -0.05) is 26.2 Å². The van der Waals surface area contributed by atoms with Gasteiger partial charge in [0, 0.05) is 18.9 Å². The molecule has 3 nitrogen and oxygen atoms in total. The maximum atomic E-state index is 12.6. The number of rotatable bonds is 5. The number of aryl methyl sites for hydroxylation is 2. The van der Waals surface area contributed by atoms with Crippen molar-refractivity contribution < 1.29 is 4.79 Å². The predicted molar refractivity (Wildman–Crippen MR) is 84.8 cm³/mol. The molecule has 0 radical (unpaired) electrons. The Morgan fingerprint density at radius 3 is 2.80 bits per heavy atom. The molecule has 0 spiro atoms. The van der Waals surface area contributed by atoms with Crippen molar-refractivity contribution in [3.05, 3.63) is 15.9 Å². The highest BCUT2D eigenvalue weighted by Gasteiger charge is 2.27. The molecule has 0 amide bonds. The van der Waals surface area contributed by atoms with Gasteiger partial charge in [0.15, 0.2) is 0 Å². The number of hydrogen-bond acceptors (Lipinski definition) is 2. The normalized spacial score (nSPS) is 23.0. The molecule has 1 saturated carbocycles. The van der Waals surface area contributed by atoms with E-state index in [1.807, 2.05) is 11.6 Å². The summed E-state index contributed by atoms with van der Waals surface area (Å²) in [6.45, 7) is 7.11. The van der Waals surface area contributed by atoms with Crippen molar-refractivity contribution in [2.75, 3.05) is 0 Å². The van der Waals surface area contributed by atoms with Gasteiger partial charge in [-0.3, -0.25) is 9.48 Å². The summed E-state index contributed by atoms with van der Waals surface area (Å²) in [6, 6.07) is 0. The molecule has 1 aromatic heterocycles. The fourth-order valence-corrected chi connectivity index (χ4v) is 3.73. The second-order valence-electron chi connectivity index (χ2n) is 5.94. The van der Waals surface area contributed by atoms with E-state index < -0.39 is 0 Å². The van der Waals surface area contributed by atoms with Crippen LogP contribution >= 0.6 is 15.9 Å². The Hall–Kier alpha value is -0.640. The van der Waals surface area contributed by atoms with Crippen LogP contribution in [0.15, 0.2) is 4.47 Å². The molecule has 0 N–H and O–H groups in total. The number of carbonyl (C=O) groups excluding carboxylic acids is 1. The fourth-order valence-electron chi connectivity index (χ4n) is 3.30. The molecule has 1 heterocycles. The number of hydrogen-bond donors (Lipinski definition) is 0. The third kappa shape index (κ3) is 3.33. The topological polar surface area (TPSA) is 34.9 Å². The summed E-state index contributed by atoms with van der Waals surface area (Å²) >= 11 is 3.58. The quantitative estimate of drug-likeness (QED) is 0.800. The minimum absolute atomic E-state index is 0.265. The summed E-state index contributed by atoms with van der Waals surface area (Å²) in [6.07, 6.45) is 6.41. The molecule has 0 aliphatic heterocycles. The van der Waals surface area contributed by atoms with E-state index in [2.05, 4.69) is 34.9 Å². The smallest absolute Gasteiger partial charge is 0.141 e. The minimum atomic E-state index is 0.265. The van der Waals surface area contributed by atoms with Gasteiger partial charge in [0.25, 0.3) is 0 Å². The molecule has 1 aliphatic carbocycles. The third-order valence-electron chi connectivity index (χ3n) is 4.61. The van der Waals surface area contributed by atoms with Crippen LogP contribution in [0.4, 0.5) is 0 Å². The molecular formula is C16H25BrN2O. The highest BCUT2D eigenvalue weighted by molar-refractivity contribution is 9.10. The maximum Gasteiger partial charge on any atom is 0.141 e. The molecule has 2 atom stereocenters. The molecule has 0 aromatic carbocycles. The zero-order chi connectivity index (χ0) is 14.7. The van der Waals surface area contributed by atoms with Gasteiger partial charge in [0.2, 0.25) is 0 Å². The number of Topliss-reactive ketones (excluding diaryl/α,β-unsaturated/α-hetero) is 1. The zero-order valence-corrected chi connectivity index (χ0v) is 14.4. The Balaban J connectivity index is 2.08. The number of carbonyl (C=O) groups is 1. The van der Waals surface area contributed by atoms with Crippen LogP contribution in [0.5, 0.6) is 0 Å². The van der Waals surface area contributed by atoms with Crippen LogP contribution in [0.25, 0.3) is 0 Å². The van der Waals surface area contributed by atoms with E-state index in [0.717, 1.165) is 41.2 Å². The van der Waals surface area contributed by atoms with E-state index in [0.29, 0.717) is 12.2 Å². The molecule has 2 unspecified atom stereocenters. The van der Waals surface area contributed by atoms with Gasteiger partial charge in [-0.2, -0.15) is 5.10 Å². The van der Waals surface area contributed by atoms with E-state index in [-0.39, 0.29) is 5.92 Å². The van der Waals surface area contributed by atoms with Gasteiger partial charge in [0.1, 0.15) is 5.78 Å². The maximum absolute atomic E-state index is 12.6. The first-order chi connectivity index (χ1) is 9.56. The Morgan fingerprint density at radius 1 is 1.40 bits per heavy atom. The van der Waals surface area contributed by atoms with Crippen LogP contribution in [0.2, 0.25) is 0 Å². The van der Waals surface area contributed by atoms with Gasteiger partial charge in [-0.15, -0.1) is 0 Å². The first-order valence-corrected chi connectivity index (χ1v) is 8.60. The van der Waals surface area contributed by atoms with Crippen LogP contribution < -0.4 is 0 Å². The van der Waals surface area contributed by atoms with Crippen LogP contribution in [-0.2, 0) is 17.8 Å². The first kappa shape index (κ1) is 15.7. The molecule has 0 saturated heterocycles. The largest absolute Gasteiger partial charge is 0.299 e. The van der Waals surface area contributed by atoms with Crippen molar-refractivity contribution >= 4 is 21.7 Å². The highest BCUT2D eigenvalue weighted by Crippen LogP contribution is 2.33. The van der Waals surface area contributed by atoms with Gasteiger partial charge >= 0.3 is 0 Å². The molecule has 2 rings (SSSR count). The number of halogens is 1. The molecule has 20 heavy (non-hydrogen) atoms. The zero-order valence-electron chi connectivity index (χ0n) is 12.8. The number of aromatic nitrogens is 2. The van der Waals surface area contributed by atoms with Crippen molar-refractivity contribution in [2.24, 2.45) is 11.8 Å². The fraction of sp³-hybridized carbons (Fsp3) is 0.750. The molecule has 1 aromatic rings. The van der Waals surface area contributed by atoms with Crippen molar-refractivity contribution in [3.63, 3.8) is 0 Å². The van der Waals surface area contributed by atoms with E-state index >= 15 is 0 Å². The average Bonchev–Trinajstić information content (AvgIpc) is 2.75. The Labute approximate surface area is 130 Å². The molecule has 4 heteroatoms. The van der Waals surface area contributed by atoms with Crippen molar-refractivity contribution in [1.29, 1.82) is 0 Å². The highest BCUT2D eigenvalue weighted by atomic mass is 79.9. The van der Waals surface area contributed by atoms with E-state index in [9.17, 15) is 4.79 Å². The van der Waals surface area contributed by atoms with E-state index in [1.165, 1.54) is 19.3 Å². The Bertz CT molecular complexity index is 481. The number of ketones is 1. The van der Waals surface area contributed by atoms with Crippen LogP contribution in [0, 0.1) is 18.8 Å². The average molecular weight is 341 g/mol. The standard InChI is InChI=1S/C16H25BrN2O/c1-4-12-7-6-8-13(9-12)15(20)10-14-16(17)11(3)18-19(14)5-2/h12-13H,4-10H2,1-3H3. The molecular weight excluding hydrogens is 316 g/mol. The molecule has 1 aliphatic rings. The van der Waals surface area contributed by atoms with Crippen molar-refractivity contribution in [1.82, 2.24) is 9.78 Å². The van der Waals surface area contributed by atoms with Gasteiger partial charge in [0.05, 0.1) is 15.9 Å². The van der Waals surface area contributed by atoms with Gasteiger partial charge in [-0.25, -0.2) is 0 Å². The first-order valence-electron chi connectivity index (χ1n) is 7.81. The summed E-state index contributed by atoms with van der Waals surface area (Å²) in [5.41, 5.74) is 2.03. The summed E-state index contributed by atoms with van der Waals surface area (Å²) in [5.74, 6) is 1.42. The predicted octanol–water partition coefficient (Wildman–Crippen LogP) is 4.30. The summed E-state index contributed by atoms with van der Waals surface area (Å²) in [7, 11) is 0. The van der Waals surface area contributed by atoms with Crippen LogP contribution in [0.3, 0.4) is 0 Å². The lowest BCUT2D eigenvalue weighted by Crippen LogP contribution is -2.25. The molecule has 112 valence electrons. The SMILES string of the molecule is CCC1CCCC(C(=O)Cc2c(Br)c(C)nn2CC)C1.